The maximum atomic E-state index is 15.5. The molecular formula is C30H32FN3O5. The van der Waals surface area contributed by atoms with Crippen molar-refractivity contribution in [3.63, 3.8) is 0 Å². The number of benzene rings is 2. The van der Waals surface area contributed by atoms with Gasteiger partial charge in [-0.05, 0) is 55.2 Å². The molecule has 2 aromatic carbocycles. The van der Waals surface area contributed by atoms with Crippen LogP contribution in [-0.2, 0) is 12.0 Å². The molecule has 0 atom stereocenters. The van der Waals surface area contributed by atoms with Gasteiger partial charge in [-0.3, -0.25) is 15.0 Å². The average molecular weight is 534 g/mol. The largest absolute Gasteiger partial charge is 0.490 e. The Labute approximate surface area is 226 Å². The summed E-state index contributed by atoms with van der Waals surface area (Å²) in [5.41, 5.74) is 2.63. The smallest absolute Gasteiger partial charge is 0.216 e. The number of aromatic nitrogens is 1. The molecule has 1 aromatic heterocycles. The van der Waals surface area contributed by atoms with E-state index in [1.807, 2.05) is 20.8 Å². The lowest BCUT2D eigenvalue weighted by molar-refractivity contribution is 0.0918. The second-order valence-electron chi connectivity index (χ2n) is 10.6. The molecule has 9 heteroatoms. The fourth-order valence-electron chi connectivity index (χ4n) is 5.12. The number of ketones is 2. The molecule has 5 rings (SSSR count). The number of hydrogen-bond donors (Lipinski definition) is 1. The lowest BCUT2D eigenvalue weighted by Crippen LogP contribution is -2.31. The Bertz CT molecular complexity index is 1500. The Hall–Kier alpha value is -4.14. The Morgan fingerprint density at radius 1 is 1.15 bits per heavy atom. The summed E-state index contributed by atoms with van der Waals surface area (Å²) in [6.07, 6.45) is 1.78. The van der Waals surface area contributed by atoms with Crippen LogP contribution in [0.25, 0.3) is 5.69 Å². The van der Waals surface area contributed by atoms with Gasteiger partial charge in [0.15, 0.2) is 29.7 Å². The van der Waals surface area contributed by atoms with Crippen molar-refractivity contribution in [3.05, 3.63) is 70.3 Å². The Morgan fingerprint density at radius 2 is 1.90 bits per heavy atom. The minimum absolute atomic E-state index is 0.0197. The topological polar surface area (TPSA) is 93.9 Å². The summed E-state index contributed by atoms with van der Waals surface area (Å²) in [5.74, 6) is -0.278. The molecule has 0 spiro atoms. The standard InChI is InChI=1S/C30H32FN3O5/c1-6-37-24-13-18-14-33(29(32)25(18)26(31)28(24)38-7-2)15-22(35)17-11-19(30(3,4)5)27-21(12-17)34-10-8-9-20(34)23(36)16-39-27/h8-13,32H,6-7,14-16H2,1-5H3. The first-order chi connectivity index (χ1) is 18.5. The van der Waals surface area contributed by atoms with Gasteiger partial charge in [-0.1, -0.05) is 20.8 Å². The molecule has 0 saturated carbocycles. The van der Waals surface area contributed by atoms with E-state index in [-0.39, 0.29) is 66.2 Å². The third kappa shape index (κ3) is 4.56. The zero-order valence-electron chi connectivity index (χ0n) is 22.8. The fraction of sp³-hybridized carbons (Fsp3) is 0.367. The predicted molar refractivity (Wildman–Crippen MR) is 145 cm³/mol. The molecule has 0 aliphatic carbocycles. The van der Waals surface area contributed by atoms with Crippen molar-refractivity contribution in [1.82, 2.24) is 9.47 Å². The van der Waals surface area contributed by atoms with Crippen LogP contribution in [0.5, 0.6) is 17.2 Å². The zero-order valence-corrected chi connectivity index (χ0v) is 22.8. The molecule has 1 N–H and O–H groups in total. The molecule has 3 aromatic rings. The summed E-state index contributed by atoms with van der Waals surface area (Å²) in [5, 5.41) is 8.68. The maximum Gasteiger partial charge on any atom is 0.216 e. The summed E-state index contributed by atoms with van der Waals surface area (Å²) in [4.78, 5) is 27.9. The molecule has 2 aliphatic heterocycles. The van der Waals surface area contributed by atoms with Crippen LogP contribution in [0.1, 0.15) is 72.2 Å². The van der Waals surface area contributed by atoms with Gasteiger partial charge >= 0.3 is 0 Å². The van der Waals surface area contributed by atoms with Crippen LogP contribution in [0.4, 0.5) is 4.39 Å². The number of ether oxygens (including phenoxy) is 3. The highest BCUT2D eigenvalue weighted by molar-refractivity contribution is 6.06. The van der Waals surface area contributed by atoms with Crippen molar-refractivity contribution in [3.8, 4) is 22.9 Å². The normalized spacial score (nSPS) is 14.4. The number of fused-ring (bicyclic) bond motifs is 4. The molecule has 2 aliphatic rings. The summed E-state index contributed by atoms with van der Waals surface area (Å²) >= 11 is 0. The van der Waals surface area contributed by atoms with E-state index in [0.29, 0.717) is 34.9 Å². The second kappa shape index (κ2) is 9.87. The lowest BCUT2D eigenvalue weighted by Gasteiger charge is -2.25. The minimum Gasteiger partial charge on any atom is -0.490 e. The molecule has 0 saturated heterocycles. The van der Waals surface area contributed by atoms with Gasteiger partial charge in [0.1, 0.15) is 11.6 Å². The van der Waals surface area contributed by atoms with E-state index in [2.05, 4.69) is 0 Å². The zero-order chi connectivity index (χ0) is 28.1. The van der Waals surface area contributed by atoms with E-state index in [1.54, 1.807) is 59.8 Å². The number of carbonyl (C=O) groups is 2. The molecule has 0 radical (unpaired) electrons. The average Bonchev–Trinajstić information content (AvgIpc) is 3.46. The third-order valence-corrected chi connectivity index (χ3v) is 6.95. The fourth-order valence-corrected chi connectivity index (χ4v) is 5.12. The van der Waals surface area contributed by atoms with E-state index >= 15 is 4.39 Å². The van der Waals surface area contributed by atoms with Gasteiger partial charge in [-0.15, -0.1) is 0 Å². The molecular weight excluding hydrogens is 501 g/mol. The lowest BCUT2D eigenvalue weighted by atomic mass is 9.84. The van der Waals surface area contributed by atoms with Crippen molar-refractivity contribution in [2.75, 3.05) is 26.4 Å². The van der Waals surface area contributed by atoms with E-state index in [4.69, 9.17) is 19.6 Å². The highest BCUT2D eigenvalue weighted by atomic mass is 19.1. The van der Waals surface area contributed by atoms with E-state index in [1.165, 1.54) is 0 Å². The molecule has 0 bridgehead atoms. The van der Waals surface area contributed by atoms with Gasteiger partial charge in [-0.2, -0.15) is 0 Å². The molecule has 39 heavy (non-hydrogen) atoms. The summed E-state index contributed by atoms with van der Waals surface area (Å²) in [6.45, 7) is 10.2. The highest BCUT2D eigenvalue weighted by Gasteiger charge is 2.34. The van der Waals surface area contributed by atoms with Gasteiger partial charge in [0.25, 0.3) is 0 Å². The van der Waals surface area contributed by atoms with Gasteiger partial charge in [0.05, 0.1) is 36.7 Å². The summed E-state index contributed by atoms with van der Waals surface area (Å²) in [7, 11) is 0. The summed E-state index contributed by atoms with van der Waals surface area (Å²) in [6, 6.07) is 8.74. The Kier molecular flexibility index (Phi) is 6.70. The van der Waals surface area contributed by atoms with Crippen molar-refractivity contribution in [2.24, 2.45) is 0 Å². The van der Waals surface area contributed by atoms with E-state index < -0.39 is 5.82 Å². The Morgan fingerprint density at radius 3 is 2.59 bits per heavy atom. The van der Waals surface area contributed by atoms with Crippen molar-refractivity contribution < 1.29 is 28.2 Å². The molecule has 0 amide bonds. The molecule has 8 nitrogen and oxygen atoms in total. The van der Waals surface area contributed by atoms with Crippen LogP contribution in [0, 0.1) is 11.2 Å². The number of amidine groups is 1. The first-order valence-corrected chi connectivity index (χ1v) is 13.0. The molecule has 0 unspecified atom stereocenters. The number of rotatable bonds is 7. The van der Waals surface area contributed by atoms with Gasteiger partial charge in [-0.25, -0.2) is 4.39 Å². The van der Waals surface area contributed by atoms with Gasteiger partial charge < -0.3 is 23.7 Å². The van der Waals surface area contributed by atoms with E-state index in [0.717, 1.165) is 5.56 Å². The first kappa shape index (κ1) is 26.5. The van der Waals surface area contributed by atoms with Crippen LogP contribution >= 0.6 is 0 Å². The molecule has 0 fully saturated rings. The number of nitrogens with zero attached hydrogens (tertiary/aromatic N) is 2. The number of carbonyl (C=O) groups excluding carboxylic acids is 2. The van der Waals surface area contributed by atoms with Gasteiger partial charge in [0, 0.05) is 23.9 Å². The second-order valence-corrected chi connectivity index (χ2v) is 10.6. The maximum absolute atomic E-state index is 15.5. The predicted octanol–water partition coefficient (Wildman–Crippen LogP) is 5.31. The number of halogens is 1. The third-order valence-electron chi connectivity index (χ3n) is 6.95. The van der Waals surface area contributed by atoms with Crippen LogP contribution in [-0.4, -0.2) is 53.2 Å². The van der Waals surface area contributed by atoms with Gasteiger partial charge in [0.2, 0.25) is 5.78 Å². The number of Topliss-reactive ketones (excluding diaryl/α,β-unsaturated/α-hetero) is 2. The van der Waals surface area contributed by atoms with Crippen LogP contribution in [0.15, 0.2) is 36.5 Å². The Balaban J connectivity index is 1.51. The van der Waals surface area contributed by atoms with E-state index in [9.17, 15) is 9.59 Å². The van der Waals surface area contributed by atoms with Crippen molar-refractivity contribution in [2.45, 2.75) is 46.6 Å². The molecule has 204 valence electrons. The first-order valence-electron chi connectivity index (χ1n) is 13.0. The van der Waals surface area contributed by atoms with Crippen molar-refractivity contribution >= 4 is 17.4 Å². The van der Waals surface area contributed by atoms with Crippen LogP contribution in [0.3, 0.4) is 0 Å². The van der Waals surface area contributed by atoms with Crippen molar-refractivity contribution in [1.29, 1.82) is 5.41 Å². The number of nitrogens with one attached hydrogen (secondary N) is 1. The monoisotopic (exact) mass is 533 g/mol. The van der Waals surface area contributed by atoms with Crippen LogP contribution in [0.2, 0.25) is 0 Å². The molecule has 3 heterocycles. The SMILES string of the molecule is CCOc1cc2c(c(F)c1OCC)C(=N)N(CC(=O)c1cc3c(c(C(C)(C)C)c1)OCC(=O)c1cccn1-3)C2. The quantitative estimate of drug-likeness (QED) is 0.414. The number of hydrogen-bond acceptors (Lipinski definition) is 6. The van der Waals surface area contributed by atoms with Crippen LogP contribution < -0.4 is 14.2 Å². The highest BCUT2D eigenvalue weighted by Crippen LogP contribution is 2.41. The minimum atomic E-state index is -0.653. The summed E-state index contributed by atoms with van der Waals surface area (Å²) < 4.78 is 34.3.